The molecule has 220 valence electrons. The van der Waals surface area contributed by atoms with E-state index in [0.29, 0.717) is 19.8 Å². The van der Waals surface area contributed by atoms with Gasteiger partial charge >= 0.3 is 0 Å². The van der Waals surface area contributed by atoms with Crippen LogP contribution in [-0.2, 0) is 27.2 Å². The van der Waals surface area contributed by atoms with Gasteiger partial charge in [0, 0.05) is 17.3 Å². The minimum absolute atomic E-state index is 0.00759. The number of benzene rings is 2. The fourth-order valence-corrected chi connectivity index (χ4v) is 5.30. The molecular formula is C35H55IO3. The van der Waals surface area contributed by atoms with Crippen LogP contribution < -0.4 is 0 Å². The highest BCUT2D eigenvalue weighted by Crippen LogP contribution is 2.15. The summed E-state index contributed by atoms with van der Waals surface area (Å²) >= 11 is 2.38. The zero-order valence-corrected chi connectivity index (χ0v) is 26.9. The number of hydrogen-bond acceptors (Lipinski definition) is 3. The molecule has 2 aromatic carbocycles. The summed E-state index contributed by atoms with van der Waals surface area (Å²) in [5, 5.41) is 0. The van der Waals surface area contributed by atoms with Gasteiger partial charge in [0.15, 0.2) is 0 Å². The van der Waals surface area contributed by atoms with E-state index >= 15 is 0 Å². The summed E-state index contributed by atoms with van der Waals surface area (Å²) in [5.41, 5.74) is 2.68. The summed E-state index contributed by atoms with van der Waals surface area (Å²) in [6.07, 6.45) is 23.3. The van der Waals surface area contributed by atoms with Crippen LogP contribution in [0.3, 0.4) is 0 Å². The summed E-state index contributed by atoms with van der Waals surface area (Å²) < 4.78 is 18.4. The van der Waals surface area contributed by atoms with Crippen LogP contribution in [0.25, 0.3) is 0 Å². The van der Waals surface area contributed by atoms with Crippen molar-refractivity contribution in [2.45, 2.75) is 122 Å². The third-order valence-corrected chi connectivity index (χ3v) is 8.19. The number of methoxy groups -OCH3 is 1. The van der Waals surface area contributed by atoms with Crippen LogP contribution in [0.1, 0.15) is 114 Å². The molecule has 0 N–H and O–H groups in total. The second-order valence-corrected chi connectivity index (χ2v) is 12.2. The van der Waals surface area contributed by atoms with E-state index < -0.39 is 0 Å². The van der Waals surface area contributed by atoms with Crippen molar-refractivity contribution in [2.75, 3.05) is 26.9 Å². The van der Waals surface area contributed by atoms with Crippen molar-refractivity contribution >= 4 is 22.6 Å². The summed E-state index contributed by atoms with van der Waals surface area (Å²) in [5.74, 6) is 0. The van der Waals surface area contributed by atoms with Gasteiger partial charge in [0.25, 0.3) is 0 Å². The Labute approximate surface area is 253 Å². The van der Waals surface area contributed by atoms with E-state index in [-0.39, 0.29) is 6.10 Å². The fourth-order valence-electron chi connectivity index (χ4n) is 4.94. The Balaban J connectivity index is 1.24. The summed E-state index contributed by atoms with van der Waals surface area (Å²) in [6, 6.07) is 19.3. The standard InChI is InChI=1S/C35H55IO3/c1-37-35(31-39-29-33-22-18-16-19-23-33)30-38-28-20-15-13-11-9-7-5-3-2-4-6-8-10-12-14-17-21-32-24-26-34(36)27-25-32/h16,18-19,22-27,35H,2-15,17,20-21,28-31H2,1H3. The Bertz CT molecular complexity index is 780. The van der Waals surface area contributed by atoms with Crippen molar-refractivity contribution in [1.29, 1.82) is 0 Å². The molecule has 0 aliphatic heterocycles. The van der Waals surface area contributed by atoms with E-state index in [2.05, 4.69) is 59.0 Å². The van der Waals surface area contributed by atoms with Gasteiger partial charge in [-0.25, -0.2) is 0 Å². The highest BCUT2D eigenvalue weighted by atomic mass is 127. The molecule has 2 rings (SSSR count). The molecule has 1 atom stereocenters. The van der Waals surface area contributed by atoms with Gasteiger partial charge in [0.1, 0.15) is 6.10 Å². The first kappa shape index (κ1) is 34.3. The van der Waals surface area contributed by atoms with Crippen LogP contribution in [0.5, 0.6) is 0 Å². The Hall–Kier alpha value is -0.950. The Morgan fingerprint density at radius 2 is 1.03 bits per heavy atom. The second kappa shape index (κ2) is 24.8. The molecule has 1 unspecified atom stereocenters. The second-order valence-electron chi connectivity index (χ2n) is 11.0. The molecule has 0 amide bonds. The molecule has 0 radical (unpaired) electrons. The molecule has 0 aromatic heterocycles. The maximum atomic E-state index is 5.83. The van der Waals surface area contributed by atoms with E-state index in [1.807, 2.05) is 18.2 Å². The Kier molecular flexibility index (Phi) is 21.8. The monoisotopic (exact) mass is 650 g/mol. The Morgan fingerprint density at radius 1 is 0.538 bits per heavy atom. The lowest BCUT2D eigenvalue weighted by atomic mass is 10.0. The molecule has 0 spiro atoms. The van der Waals surface area contributed by atoms with Crippen molar-refractivity contribution in [3.05, 3.63) is 69.3 Å². The summed E-state index contributed by atoms with van der Waals surface area (Å²) in [4.78, 5) is 0. The normalized spacial score (nSPS) is 12.2. The maximum Gasteiger partial charge on any atom is 0.104 e. The first-order chi connectivity index (χ1) is 19.3. The van der Waals surface area contributed by atoms with Gasteiger partial charge in [-0.3, -0.25) is 0 Å². The average Bonchev–Trinajstić information content (AvgIpc) is 2.96. The molecule has 2 aromatic rings. The number of rotatable bonds is 26. The third-order valence-electron chi connectivity index (χ3n) is 7.47. The van der Waals surface area contributed by atoms with Gasteiger partial charge in [-0.1, -0.05) is 132 Å². The highest BCUT2D eigenvalue weighted by Gasteiger charge is 2.08. The van der Waals surface area contributed by atoms with E-state index in [4.69, 9.17) is 14.2 Å². The van der Waals surface area contributed by atoms with Gasteiger partial charge in [-0.05, 0) is 65.1 Å². The van der Waals surface area contributed by atoms with Crippen LogP contribution in [0.15, 0.2) is 54.6 Å². The molecule has 0 heterocycles. The molecule has 0 fully saturated rings. The predicted molar refractivity (Wildman–Crippen MR) is 174 cm³/mol. The molecule has 0 bridgehead atoms. The minimum Gasteiger partial charge on any atom is -0.379 e. The molecule has 39 heavy (non-hydrogen) atoms. The quantitative estimate of drug-likeness (QED) is 0.0749. The first-order valence-corrected chi connectivity index (χ1v) is 16.8. The van der Waals surface area contributed by atoms with Crippen molar-refractivity contribution < 1.29 is 14.2 Å². The zero-order valence-electron chi connectivity index (χ0n) is 24.7. The number of aryl methyl sites for hydroxylation is 1. The number of halogens is 1. The van der Waals surface area contributed by atoms with Crippen LogP contribution in [0.2, 0.25) is 0 Å². The van der Waals surface area contributed by atoms with E-state index in [0.717, 1.165) is 13.0 Å². The summed E-state index contributed by atoms with van der Waals surface area (Å²) in [7, 11) is 1.73. The number of hydrogen-bond donors (Lipinski definition) is 0. The van der Waals surface area contributed by atoms with Gasteiger partial charge in [0.2, 0.25) is 0 Å². The Morgan fingerprint density at radius 3 is 1.56 bits per heavy atom. The average molecular weight is 651 g/mol. The number of ether oxygens (including phenoxy) is 3. The molecule has 0 aliphatic carbocycles. The van der Waals surface area contributed by atoms with Crippen molar-refractivity contribution in [2.24, 2.45) is 0 Å². The number of unbranched alkanes of at least 4 members (excludes halogenated alkanes) is 15. The van der Waals surface area contributed by atoms with Crippen molar-refractivity contribution in [3.63, 3.8) is 0 Å². The van der Waals surface area contributed by atoms with Gasteiger partial charge < -0.3 is 14.2 Å². The fraction of sp³-hybridized carbons (Fsp3) is 0.657. The lowest BCUT2D eigenvalue weighted by molar-refractivity contribution is -0.0451. The SMILES string of the molecule is COC(COCCCCCCCCCCCCCCCCCCc1ccc(I)cc1)COCc1ccccc1. The van der Waals surface area contributed by atoms with Crippen LogP contribution in [0, 0.1) is 3.57 Å². The minimum atomic E-state index is 0.00759. The van der Waals surface area contributed by atoms with E-state index in [9.17, 15) is 0 Å². The maximum absolute atomic E-state index is 5.83. The van der Waals surface area contributed by atoms with E-state index in [1.54, 1.807) is 7.11 Å². The molecule has 0 saturated heterocycles. The van der Waals surface area contributed by atoms with Gasteiger partial charge in [0.05, 0.1) is 19.8 Å². The largest absolute Gasteiger partial charge is 0.379 e. The molecule has 0 saturated carbocycles. The molecule has 4 heteroatoms. The third kappa shape index (κ3) is 19.7. The van der Waals surface area contributed by atoms with E-state index in [1.165, 1.54) is 117 Å². The van der Waals surface area contributed by atoms with Crippen LogP contribution in [-0.4, -0.2) is 33.0 Å². The van der Waals surface area contributed by atoms with Crippen LogP contribution in [0.4, 0.5) is 0 Å². The van der Waals surface area contributed by atoms with Crippen molar-refractivity contribution in [1.82, 2.24) is 0 Å². The molecular weight excluding hydrogens is 595 g/mol. The van der Waals surface area contributed by atoms with Crippen molar-refractivity contribution in [3.8, 4) is 0 Å². The highest BCUT2D eigenvalue weighted by molar-refractivity contribution is 14.1. The van der Waals surface area contributed by atoms with Gasteiger partial charge in [-0.2, -0.15) is 0 Å². The zero-order chi connectivity index (χ0) is 27.6. The smallest absolute Gasteiger partial charge is 0.104 e. The molecule has 0 aliphatic rings. The summed E-state index contributed by atoms with van der Waals surface area (Å²) in [6.45, 7) is 2.63. The lowest BCUT2D eigenvalue weighted by Gasteiger charge is -2.16. The topological polar surface area (TPSA) is 27.7 Å². The van der Waals surface area contributed by atoms with Gasteiger partial charge in [-0.15, -0.1) is 0 Å². The molecule has 3 nitrogen and oxygen atoms in total. The predicted octanol–water partition coefficient (Wildman–Crippen LogP) is 10.3. The van der Waals surface area contributed by atoms with Crippen LogP contribution >= 0.6 is 22.6 Å². The lowest BCUT2D eigenvalue weighted by Crippen LogP contribution is -2.24. The first-order valence-electron chi connectivity index (χ1n) is 15.7.